The molecule has 0 spiro atoms. The first-order valence-corrected chi connectivity index (χ1v) is 20.7. The van der Waals surface area contributed by atoms with Crippen LogP contribution in [-0.2, 0) is 16.6 Å². The average molecular weight is 578 g/mol. The van der Waals surface area contributed by atoms with Gasteiger partial charge in [0.1, 0.15) is 0 Å². The summed E-state index contributed by atoms with van der Waals surface area (Å²) in [7, 11) is 3.25. The van der Waals surface area contributed by atoms with Crippen LogP contribution in [-0.4, -0.2) is 36.0 Å². The molecule has 6 heteroatoms. The predicted octanol–water partition coefficient (Wildman–Crippen LogP) is 7.55. The predicted molar refractivity (Wildman–Crippen MR) is 145 cm³/mol. The minimum absolute atomic E-state index is 0.140. The molecule has 2 aromatic rings. The summed E-state index contributed by atoms with van der Waals surface area (Å²) in [5, 5.41) is 0. The van der Waals surface area contributed by atoms with Gasteiger partial charge >= 0.3 is 210 Å². The van der Waals surface area contributed by atoms with E-state index in [1.807, 2.05) is 6.92 Å². The molecule has 0 unspecified atom stereocenters. The quantitative estimate of drug-likeness (QED) is 0.124. The van der Waals surface area contributed by atoms with Gasteiger partial charge in [0.05, 0.1) is 0 Å². The summed E-state index contributed by atoms with van der Waals surface area (Å²) in [6, 6.07) is 4.43. The Morgan fingerprint density at radius 1 is 1.03 bits per heavy atom. The number of oxazole rings is 1. The molecular weight excluding hydrogens is 533 g/mol. The molecule has 0 aliphatic carbocycles. The molecule has 1 heterocycles. The second-order valence-corrected chi connectivity index (χ2v) is 22.9. The summed E-state index contributed by atoms with van der Waals surface area (Å²) >= 11 is -2.78. The fraction of sp³-hybridized carbons (Fsp3) is 0.643. The Hall–Kier alpha value is -1.50. The van der Waals surface area contributed by atoms with Crippen molar-refractivity contribution in [1.29, 1.82) is 0 Å². The first-order valence-electron chi connectivity index (χ1n) is 13.2. The van der Waals surface area contributed by atoms with Gasteiger partial charge in [0.2, 0.25) is 0 Å². The van der Waals surface area contributed by atoms with Crippen LogP contribution in [0.25, 0.3) is 14.7 Å². The molecule has 1 aromatic heterocycles. The average Bonchev–Trinajstić information content (AvgIpc) is 3.13. The second-order valence-electron chi connectivity index (χ2n) is 9.75. The van der Waals surface area contributed by atoms with Crippen LogP contribution in [0.5, 0.6) is 0 Å². The molecule has 5 nitrogen and oxygen atoms in total. The Morgan fingerprint density at radius 2 is 1.62 bits per heavy atom. The van der Waals surface area contributed by atoms with Crippen molar-refractivity contribution in [2.45, 2.75) is 98.8 Å². The van der Waals surface area contributed by atoms with Crippen LogP contribution in [0.2, 0.25) is 13.3 Å². The molecule has 0 N–H and O–H groups in total. The van der Waals surface area contributed by atoms with Crippen molar-refractivity contribution in [1.82, 2.24) is 4.57 Å². The number of esters is 1. The van der Waals surface area contributed by atoms with Crippen LogP contribution >= 0.6 is 0 Å². The number of aryl methyl sites for hydroxylation is 2. The van der Waals surface area contributed by atoms with E-state index in [0.717, 1.165) is 23.9 Å². The number of hydrogen-bond donors (Lipinski definition) is 0. The summed E-state index contributed by atoms with van der Waals surface area (Å²) in [6.07, 6.45) is 12.1. The number of benzene rings is 1. The second kappa shape index (κ2) is 14.2. The molecule has 0 radical (unpaired) electrons. The summed E-state index contributed by atoms with van der Waals surface area (Å²) in [4.78, 5) is 24.0. The van der Waals surface area contributed by atoms with Gasteiger partial charge in [-0.3, -0.25) is 0 Å². The zero-order valence-electron chi connectivity index (χ0n) is 22.3. The van der Waals surface area contributed by atoms with Gasteiger partial charge < -0.3 is 0 Å². The maximum absolute atomic E-state index is 12.2. The Morgan fingerprint density at radius 3 is 2.15 bits per heavy atom. The van der Waals surface area contributed by atoms with E-state index in [-0.39, 0.29) is 11.7 Å². The topological polar surface area (TPSA) is 61.4 Å². The number of fused-ring (bicyclic) bond motifs is 1. The van der Waals surface area contributed by atoms with Gasteiger partial charge in [-0.15, -0.1) is 0 Å². The molecule has 34 heavy (non-hydrogen) atoms. The number of carbonyl (C=O) groups is 1. The van der Waals surface area contributed by atoms with Crippen LogP contribution in [0.4, 0.5) is 0 Å². The van der Waals surface area contributed by atoms with E-state index in [9.17, 15) is 9.59 Å². The van der Waals surface area contributed by atoms with Gasteiger partial charge in [-0.25, -0.2) is 0 Å². The molecule has 0 saturated heterocycles. The van der Waals surface area contributed by atoms with Crippen molar-refractivity contribution in [3.05, 3.63) is 39.9 Å². The van der Waals surface area contributed by atoms with E-state index >= 15 is 0 Å². The van der Waals surface area contributed by atoms with Crippen LogP contribution in [0.3, 0.4) is 0 Å². The first kappa shape index (κ1) is 28.7. The summed E-state index contributed by atoms with van der Waals surface area (Å²) in [5.41, 5.74) is 3.87. The number of methoxy groups -OCH3 is 1. The fourth-order valence-electron chi connectivity index (χ4n) is 5.11. The van der Waals surface area contributed by atoms with Gasteiger partial charge in [0.15, 0.2) is 0 Å². The molecule has 0 fully saturated rings. The van der Waals surface area contributed by atoms with Crippen LogP contribution < -0.4 is 5.76 Å². The molecule has 190 valence electrons. The van der Waals surface area contributed by atoms with Gasteiger partial charge in [-0.2, -0.15) is 0 Å². The van der Waals surface area contributed by atoms with E-state index in [1.54, 1.807) is 15.2 Å². The summed E-state index contributed by atoms with van der Waals surface area (Å²) in [5.74, 6) is -0.449. The van der Waals surface area contributed by atoms with Crippen LogP contribution in [0.1, 0.15) is 89.7 Å². The number of rotatable bonds is 15. The van der Waals surface area contributed by atoms with Crippen molar-refractivity contribution < 1.29 is 13.9 Å². The molecule has 0 amide bonds. The van der Waals surface area contributed by atoms with Crippen molar-refractivity contribution in [3.8, 4) is 0 Å². The van der Waals surface area contributed by atoms with Gasteiger partial charge in [0, 0.05) is 0 Å². The SMILES string of the molecule is CCC[CH2][Sn]([CH2]CCC)([CH2]CCC)/[C](=C/CCCC(=O)OC)c1cc(C)c2oc(=O)n(C)c2c1. The van der Waals surface area contributed by atoms with Crippen molar-refractivity contribution in [3.63, 3.8) is 0 Å². The Labute approximate surface area is 209 Å². The van der Waals surface area contributed by atoms with E-state index in [4.69, 9.17) is 9.15 Å². The number of allylic oxidation sites excluding steroid dienone is 1. The molecule has 2 rings (SSSR count). The third kappa shape index (κ3) is 7.25. The standard InChI is InChI=1S/C16H18NO4.3C4H9.Sn/c1-11-9-12(7-5-4-6-8-14(18)20-3)10-13-15(11)21-16(19)17(13)2;3*1-3-4-2;/h5,9-10H,4,6,8H2,1-3H3;3*1,3-4H2,2H3;. The van der Waals surface area contributed by atoms with Crippen molar-refractivity contribution in [2.75, 3.05) is 7.11 Å². The molecule has 1 aromatic carbocycles. The van der Waals surface area contributed by atoms with E-state index in [0.29, 0.717) is 12.0 Å². The molecule has 0 aliphatic rings. The van der Waals surface area contributed by atoms with Crippen molar-refractivity contribution in [2.24, 2.45) is 7.05 Å². The van der Waals surface area contributed by atoms with Crippen LogP contribution in [0.15, 0.2) is 27.4 Å². The number of aromatic nitrogens is 1. The normalized spacial score (nSPS) is 12.5. The Kier molecular flexibility index (Phi) is 12.0. The molecule has 0 bridgehead atoms. The van der Waals surface area contributed by atoms with Crippen LogP contribution in [0, 0.1) is 6.92 Å². The summed E-state index contributed by atoms with van der Waals surface area (Å²) < 4.78 is 17.7. The molecule has 0 aliphatic heterocycles. The third-order valence-electron chi connectivity index (χ3n) is 7.15. The minimum atomic E-state index is -2.78. The number of nitrogens with zero attached hydrogens (tertiary/aromatic N) is 1. The van der Waals surface area contributed by atoms with E-state index in [2.05, 4.69) is 39.0 Å². The number of hydrogen-bond acceptors (Lipinski definition) is 4. The van der Waals surface area contributed by atoms with Crippen molar-refractivity contribution >= 4 is 39.0 Å². The summed E-state index contributed by atoms with van der Waals surface area (Å²) in [6.45, 7) is 8.94. The zero-order chi connectivity index (χ0) is 25.1. The van der Waals surface area contributed by atoms with E-state index < -0.39 is 18.4 Å². The maximum atomic E-state index is 12.2. The van der Waals surface area contributed by atoms with Gasteiger partial charge in [-0.05, 0) is 0 Å². The fourth-order valence-corrected chi connectivity index (χ4v) is 22.2. The Bertz CT molecular complexity index is 996. The van der Waals surface area contributed by atoms with Gasteiger partial charge in [-0.1, -0.05) is 0 Å². The monoisotopic (exact) mass is 579 g/mol. The molecule has 0 atom stereocenters. The van der Waals surface area contributed by atoms with Gasteiger partial charge in [0.25, 0.3) is 0 Å². The Balaban J connectivity index is 2.65. The third-order valence-corrected chi connectivity index (χ3v) is 23.0. The number of carbonyl (C=O) groups excluding carboxylic acids is 1. The molecular formula is C28H45NO4Sn. The zero-order valence-corrected chi connectivity index (χ0v) is 25.2. The number of ether oxygens (including phenoxy) is 1. The first-order chi connectivity index (χ1) is 16.3. The number of unbranched alkanes of at least 4 members (excludes halogenated alkanes) is 4. The molecule has 0 saturated carbocycles. The van der Waals surface area contributed by atoms with E-state index in [1.165, 1.54) is 64.5 Å².